The second kappa shape index (κ2) is 7.26. The lowest BCUT2D eigenvalue weighted by molar-refractivity contribution is -0.141. The van der Waals surface area contributed by atoms with Crippen LogP contribution < -0.4 is 5.32 Å². The maximum Gasteiger partial charge on any atom is 0.308 e. The Bertz CT molecular complexity index is 214. The van der Waals surface area contributed by atoms with Crippen LogP contribution in [0.5, 0.6) is 0 Å². The van der Waals surface area contributed by atoms with Crippen molar-refractivity contribution in [3.8, 4) is 0 Å². The van der Waals surface area contributed by atoms with Gasteiger partial charge in [0.1, 0.15) is 0 Å². The molecule has 0 saturated heterocycles. The zero-order chi connectivity index (χ0) is 11.8. The number of amides is 1. The Balaban J connectivity index is 3.88. The highest BCUT2D eigenvalue weighted by atomic mass is 16.4. The highest BCUT2D eigenvalue weighted by Gasteiger charge is 2.17. The minimum absolute atomic E-state index is 0.0626. The molecular weight excluding hydrogens is 194 g/mol. The number of aliphatic carboxylic acids is 1. The van der Waals surface area contributed by atoms with Crippen molar-refractivity contribution in [2.45, 2.75) is 40.0 Å². The molecule has 0 aromatic rings. The third-order valence-electron chi connectivity index (χ3n) is 2.13. The molecule has 88 valence electrons. The number of nitrogens with one attached hydrogen (secondary N) is 1. The molecule has 0 aliphatic rings. The van der Waals surface area contributed by atoms with E-state index in [0.717, 1.165) is 6.42 Å². The lowest BCUT2D eigenvalue weighted by Gasteiger charge is -2.12. The number of carbonyl (C=O) groups excluding carboxylic acids is 1. The van der Waals surface area contributed by atoms with Gasteiger partial charge in [-0.05, 0) is 12.3 Å². The van der Waals surface area contributed by atoms with Crippen molar-refractivity contribution in [3.63, 3.8) is 0 Å². The van der Waals surface area contributed by atoms with Gasteiger partial charge in [0.15, 0.2) is 0 Å². The van der Waals surface area contributed by atoms with Crippen LogP contribution in [0.1, 0.15) is 40.0 Å². The number of rotatable bonds is 7. The first-order valence-corrected chi connectivity index (χ1v) is 5.46. The van der Waals surface area contributed by atoms with E-state index in [2.05, 4.69) is 5.32 Å². The molecular formula is C11H21NO3. The molecule has 0 fully saturated rings. The summed E-state index contributed by atoms with van der Waals surface area (Å²) in [6.07, 6.45) is 1.88. The van der Waals surface area contributed by atoms with Gasteiger partial charge < -0.3 is 10.4 Å². The number of carboxylic acid groups (broad SMARTS) is 1. The Morgan fingerprint density at radius 2 is 1.93 bits per heavy atom. The Morgan fingerprint density at radius 1 is 1.33 bits per heavy atom. The lowest BCUT2D eigenvalue weighted by atomic mass is 10.0. The van der Waals surface area contributed by atoms with E-state index in [0.29, 0.717) is 18.8 Å². The summed E-state index contributed by atoms with van der Waals surface area (Å²) in [5.41, 5.74) is 0. The van der Waals surface area contributed by atoms with Crippen LogP contribution in [0, 0.1) is 11.8 Å². The standard InChI is InChI=1S/C11H21NO3/c1-4-5-9(11(14)15)7-12-10(13)6-8(2)3/h8-9H,4-7H2,1-3H3,(H,12,13)(H,14,15). The Hall–Kier alpha value is -1.06. The van der Waals surface area contributed by atoms with Crippen LogP contribution in [0.15, 0.2) is 0 Å². The van der Waals surface area contributed by atoms with Gasteiger partial charge in [0.05, 0.1) is 5.92 Å². The molecule has 1 amide bonds. The molecule has 0 heterocycles. The Labute approximate surface area is 91.1 Å². The fraction of sp³-hybridized carbons (Fsp3) is 0.818. The molecule has 4 heteroatoms. The molecule has 4 nitrogen and oxygen atoms in total. The first-order chi connectivity index (χ1) is 6.97. The second-order valence-corrected chi connectivity index (χ2v) is 4.23. The molecule has 1 atom stereocenters. The molecule has 0 aromatic carbocycles. The van der Waals surface area contributed by atoms with Crippen molar-refractivity contribution in [1.29, 1.82) is 0 Å². The number of carboxylic acids is 1. The van der Waals surface area contributed by atoms with E-state index in [4.69, 9.17) is 5.11 Å². The van der Waals surface area contributed by atoms with Gasteiger partial charge in [-0.2, -0.15) is 0 Å². The molecule has 0 rings (SSSR count). The maximum atomic E-state index is 11.3. The van der Waals surface area contributed by atoms with Gasteiger partial charge in [-0.3, -0.25) is 9.59 Å². The summed E-state index contributed by atoms with van der Waals surface area (Å²) >= 11 is 0. The van der Waals surface area contributed by atoms with Crippen LogP contribution in [-0.4, -0.2) is 23.5 Å². The van der Waals surface area contributed by atoms with Crippen LogP contribution in [-0.2, 0) is 9.59 Å². The number of hydrogen-bond donors (Lipinski definition) is 2. The van der Waals surface area contributed by atoms with Gasteiger partial charge >= 0.3 is 5.97 Å². The van der Waals surface area contributed by atoms with Gasteiger partial charge in [0.25, 0.3) is 0 Å². The predicted octanol–water partition coefficient (Wildman–Crippen LogP) is 1.65. The normalized spacial score (nSPS) is 12.5. The predicted molar refractivity (Wildman–Crippen MR) is 58.5 cm³/mol. The van der Waals surface area contributed by atoms with Crippen LogP contribution in [0.2, 0.25) is 0 Å². The summed E-state index contributed by atoms with van der Waals surface area (Å²) < 4.78 is 0. The van der Waals surface area contributed by atoms with Crippen molar-refractivity contribution in [3.05, 3.63) is 0 Å². The first-order valence-electron chi connectivity index (χ1n) is 5.46. The molecule has 0 radical (unpaired) electrons. The fourth-order valence-electron chi connectivity index (χ4n) is 1.34. The molecule has 0 aliphatic carbocycles. The van der Waals surface area contributed by atoms with E-state index < -0.39 is 11.9 Å². The van der Waals surface area contributed by atoms with E-state index >= 15 is 0 Å². The molecule has 0 aliphatic heterocycles. The monoisotopic (exact) mass is 215 g/mol. The van der Waals surface area contributed by atoms with Crippen LogP contribution >= 0.6 is 0 Å². The van der Waals surface area contributed by atoms with E-state index in [9.17, 15) is 9.59 Å². The van der Waals surface area contributed by atoms with E-state index in [1.807, 2.05) is 20.8 Å². The summed E-state index contributed by atoms with van der Waals surface area (Å²) in [6.45, 7) is 6.10. The quantitative estimate of drug-likeness (QED) is 0.678. The van der Waals surface area contributed by atoms with Crippen molar-refractivity contribution >= 4 is 11.9 Å². The van der Waals surface area contributed by atoms with Crippen LogP contribution in [0.3, 0.4) is 0 Å². The van der Waals surface area contributed by atoms with Gasteiger partial charge in [-0.25, -0.2) is 0 Å². The smallest absolute Gasteiger partial charge is 0.308 e. The molecule has 15 heavy (non-hydrogen) atoms. The Kier molecular flexibility index (Phi) is 6.75. The highest BCUT2D eigenvalue weighted by molar-refractivity contribution is 5.77. The van der Waals surface area contributed by atoms with E-state index in [1.165, 1.54) is 0 Å². The van der Waals surface area contributed by atoms with Gasteiger partial charge in [-0.15, -0.1) is 0 Å². The van der Waals surface area contributed by atoms with Crippen LogP contribution in [0.4, 0.5) is 0 Å². The van der Waals surface area contributed by atoms with Gasteiger partial charge in [-0.1, -0.05) is 27.2 Å². The molecule has 0 saturated carbocycles. The van der Waals surface area contributed by atoms with Crippen molar-refractivity contribution in [2.75, 3.05) is 6.54 Å². The minimum Gasteiger partial charge on any atom is -0.481 e. The van der Waals surface area contributed by atoms with E-state index in [-0.39, 0.29) is 12.5 Å². The van der Waals surface area contributed by atoms with Gasteiger partial charge in [0, 0.05) is 13.0 Å². The topological polar surface area (TPSA) is 66.4 Å². The average molecular weight is 215 g/mol. The first kappa shape index (κ1) is 13.9. The molecule has 0 spiro atoms. The largest absolute Gasteiger partial charge is 0.481 e. The van der Waals surface area contributed by atoms with Crippen molar-refractivity contribution in [1.82, 2.24) is 5.32 Å². The lowest BCUT2D eigenvalue weighted by Crippen LogP contribution is -2.33. The maximum absolute atomic E-state index is 11.3. The summed E-state index contributed by atoms with van der Waals surface area (Å²) in [6, 6.07) is 0. The third-order valence-corrected chi connectivity index (χ3v) is 2.13. The molecule has 0 aromatic heterocycles. The average Bonchev–Trinajstić information content (AvgIpc) is 2.10. The summed E-state index contributed by atoms with van der Waals surface area (Å²) in [5, 5.41) is 11.5. The van der Waals surface area contributed by atoms with Crippen LogP contribution in [0.25, 0.3) is 0 Å². The fourth-order valence-corrected chi connectivity index (χ4v) is 1.34. The number of carbonyl (C=O) groups is 2. The SMILES string of the molecule is CCCC(CNC(=O)CC(C)C)C(=O)O. The Morgan fingerprint density at radius 3 is 2.33 bits per heavy atom. The summed E-state index contributed by atoms with van der Waals surface area (Å²) in [7, 11) is 0. The minimum atomic E-state index is -0.832. The molecule has 2 N–H and O–H groups in total. The molecule has 1 unspecified atom stereocenters. The third kappa shape index (κ3) is 6.94. The summed E-state index contributed by atoms with van der Waals surface area (Å²) in [4.78, 5) is 22.1. The zero-order valence-electron chi connectivity index (χ0n) is 9.75. The summed E-state index contributed by atoms with van der Waals surface area (Å²) in [5.74, 6) is -1.04. The zero-order valence-corrected chi connectivity index (χ0v) is 9.75. The van der Waals surface area contributed by atoms with Crippen molar-refractivity contribution < 1.29 is 14.7 Å². The number of hydrogen-bond acceptors (Lipinski definition) is 2. The highest BCUT2D eigenvalue weighted by Crippen LogP contribution is 2.05. The van der Waals surface area contributed by atoms with E-state index in [1.54, 1.807) is 0 Å². The van der Waals surface area contributed by atoms with Gasteiger partial charge in [0.2, 0.25) is 5.91 Å². The van der Waals surface area contributed by atoms with Crippen molar-refractivity contribution in [2.24, 2.45) is 11.8 Å². The molecule has 0 bridgehead atoms. The second-order valence-electron chi connectivity index (χ2n) is 4.23.